The Morgan fingerprint density at radius 2 is 1.50 bits per heavy atom. The maximum Gasteiger partial charge on any atom is 0.295 e. The lowest BCUT2D eigenvalue weighted by atomic mass is 10.0. The van der Waals surface area contributed by atoms with Crippen LogP contribution in [0.4, 0.5) is 5.69 Å². The van der Waals surface area contributed by atoms with Crippen LogP contribution in [0.2, 0.25) is 0 Å². The molecule has 0 aliphatic carbocycles. The van der Waals surface area contributed by atoms with Crippen molar-refractivity contribution < 1.29 is 13.0 Å². The molecule has 0 saturated heterocycles. The lowest BCUT2D eigenvalue weighted by Crippen LogP contribution is -2.08. The normalized spacial score (nSPS) is 11.6. The van der Waals surface area contributed by atoms with Crippen LogP contribution in [0.3, 0.4) is 0 Å². The largest absolute Gasteiger partial charge is 0.324 e. The molecule has 0 fully saturated rings. The number of hydrogen-bond donors (Lipinski definition) is 3. The summed E-state index contributed by atoms with van der Waals surface area (Å²) in [7, 11) is -4.36. The van der Waals surface area contributed by atoms with Crippen molar-refractivity contribution >= 4 is 28.0 Å². The van der Waals surface area contributed by atoms with E-state index < -0.39 is 10.1 Å². The van der Waals surface area contributed by atoms with Crippen LogP contribution in [0.15, 0.2) is 77.7 Å². The number of nitrogen functional groups attached to an aromatic ring is 1. The van der Waals surface area contributed by atoms with Gasteiger partial charge in [-0.1, -0.05) is 72.8 Å². The number of hydrogen-bond acceptors (Lipinski definition) is 4. The van der Waals surface area contributed by atoms with E-state index in [1.54, 1.807) is 24.3 Å². The fourth-order valence-electron chi connectivity index (χ4n) is 2.59. The molecule has 3 aromatic rings. The zero-order valence-corrected chi connectivity index (χ0v) is 14.6. The second-order valence-electron chi connectivity index (χ2n) is 5.69. The van der Waals surface area contributed by atoms with E-state index in [0.717, 1.165) is 16.7 Å². The molecular weight excluding hydrogens is 348 g/mol. The summed E-state index contributed by atoms with van der Waals surface area (Å²) in [5.41, 5.74) is 6.26. The van der Waals surface area contributed by atoms with E-state index in [4.69, 9.17) is 5.84 Å². The van der Waals surface area contributed by atoms with E-state index in [1.165, 1.54) is 6.07 Å². The number of benzene rings is 3. The van der Waals surface area contributed by atoms with Gasteiger partial charge in [0.05, 0.1) is 0 Å². The molecule has 132 valence electrons. The minimum Gasteiger partial charge on any atom is -0.324 e. The molecule has 5 nitrogen and oxygen atoms in total. The first-order valence-electron chi connectivity index (χ1n) is 7.89. The van der Waals surface area contributed by atoms with Crippen LogP contribution >= 0.6 is 0 Å². The summed E-state index contributed by atoms with van der Waals surface area (Å²) in [5.74, 6) is 5.29. The van der Waals surface area contributed by atoms with Crippen LogP contribution in [-0.2, 0) is 10.1 Å². The highest BCUT2D eigenvalue weighted by atomic mass is 32.2. The molecule has 0 spiro atoms. The third-order valence-corrected chi connectivity index (χ3v) is 4.84. The Kier molecular flexibility index (Phi) is 5.18. The Hall–Kier alpha value is -2.93. The van der Waals surface area contributed by atoms with Crippen molar-refractivity contribution in [2.75, 3.05) is 5.43 Å². The molecule has 4 N–H and O–H groups in total. The zero-order valence-electron chi connectivity index (χ0n) is 13.8. The summed E-state index contributed by atoms with van der Waals surface area (Å²) in [6, 6.07) is 22.4. The summed E-state index contributed by atoms with van der Waals surface area (Å²) in [6.45, 7) is 0. The van der Waals surface area contributed by atoms with Gasteiger partial charge in [-0.05, 0) is 34.4 Å². The minimum absolute atomic E-state index is 0.204. The highest BCUT2D eigenvalue weighted by Crippen LogP contribution is 2.23. The molecule has 3 aromatic carbocycles. The van der Waals surface area contributed by atoms with Gasteiger partial charge in [0.2, 0.25) is 0 Å². The molecule has 0 bridgehead atoms. The molecule has 0 radical (unpaired) electrons. The molecule has 0 aliphatic heterocycles. The molecule has 0 heterocycles. The van der Waals surface area contributed by atoms with E-state index >= 15 is 0 Å². The van der Waals surface area contributed by atoms with Crippen molar-refractivity contribution in [3.8, 4) is 11.1 Å². The average molecular weight is 366 g/mol. The summed E-state index contributed by atoms with van der Waals surface area (Å²) in [6.07, 6.45) is 3.43. The van der Waals surface area contributed by atoms with Gasteiger partial charge in [-0.2, -0.15) is 8.42 Å². The monoisotopic (exact) mass is 366 g/mol. The van der Waals surface area contributed by atoms with Crippen molar-refractivity contribution in [2.24, 2.45) is 5.84 Å². The van der Waals surface area contributed by atoms with Crippen LogP contribution in [0.5, 0.6) is 0 Å². The van der Waals surface area contributed by atoms with Gasteiger partial charge in [0, 0.05) is 5.69 Å². The molecule has 0 atom stereocenters. The topological polar surface area (TPSA) is 92.4 Å². The molecule has 0 unspecified atom stereocenters. The summed E-state index contributed by atoms with van der Waals surface area (Å²) in [4.78, 5) is -0.204. The lowest BCUT2D eigenvalue weighted by Gasteiger charge is -2.06. The van der Waals surface area contributed by atoms with E-state index in [-0.39, 0.29) is 4.90 Å². The molecule has 3 rings (SSSR count). The highest BCUT2D eigenvalue weighted by molar-refractivity contribution is 7.86. The quantitative estimate of drug-likeness (QED) is 0.274. The van der Waals surface area contributed by atoms with Gasteiger partial charge in [0.1, 0.15) is 4.90 Å². The van der Waals surface area contributed by atoms with Crippen LogP contribution < -0.4 is 11.3 Å². The van der Waals surface area contributed by atoms with E-state index in [0.29, 0.717) is 11.3 Å². The molecule has 26 heavy (non-hydrogen) atoms. The van der Waals surface area contributed by atoms with Crippen LogP contribution in [0, 0.1) is 0 Å². The van der Waals surface area contributed by atoms with E-state index in [2.05, 4.69) is 5.43 Å². The van der Waals surface area contributed by atoms with Crippen molar-refractivity contribution in [3.63, 3.8) is 0 Å². The van der Waals surface area contributed by atoms with E-state index in [9.17, 15) is 13.0 Å². The molecule has 0 aromatic heterocycles. The third-order valence-electron chi connectivity index (χ3n) is 3.93. The second kappa shape index (κ2) is 7.53. The van der Waals surface area contributed by atoms with Crippen molar-refractivity contribution in [3.05, 3.63) is 83.9 Å². The van der Waals surface area contributed by atoms with Crippen molar-refractivity contribution in [1.82, 2.24) is 0 Å². The fraction of sp³-hybridized carbons (Fsp3) is 0. The predicted molar refractivity (Wildman–Crippen MR) is 105 cm³/mol. The maximum absolute atomic E-state index is 11.6. The standard InChI is InChI=1S/C20H18N2O3S/c21-22-19-13-12-18(20(14-19)26(23,24)25)11-8-15-6-9-17(10-7-15)16-4-2-1-3-5-16/h1-14,22H,21H2,(H,23,24,25). The van der Waals surface area contributed by atoms with Gasteiger partial charge in [0.25, 0.3) is 10.1 Å². The first kappa shape index (κ1) is 17.9. The van der Waals surface area contributed by atoms with Gasteiger partial charge in [-0.3, -0.25) is 10.4 Å². The predicted octanol–water partition coefficient (Wildman–Crippen LogP) is 4.06. The van der Waals surface area contributed by atoms with Crippen LogP contribution in [0.25, 0.3) is 23.3 Å². The van der Waals surface area contributed by atoms with Crippen molar-refractivity contribution in [2.45, 2.75) is 4.90 Å². The third kappa shape index (κ3) is 4.18. The first-order valence-corrected chi connectivity index (χ1v) is 9.33. The average Bonchev–Trinajstić information content (AvgIpc) is 2.66. The number of anilines is 1. The Bertz CT molecular complexity index is 1030. The Labute approximate surface area is 152 Å². The van der Waals surface area contributed by atoms with Gasteiger partial charge < -0.3 is 5.43 Å². The smallest absolute Gasteiger partial charge is 0.295 e. The summed E-state index contributed by atoms with van der Waals surface area (Å²) in [5, 5.41) is 0. The molecule has 6 heteroatoms. The SMILES string of the molecule is NNc1ccc(C=Cc2ccc(-c3ccccc3)cc2)c(S(=O)(=O)O)c1. The van der Waals surface area contributed by atoms with Crippen molar-refractivity contribution in [1.29, 1.82) is 0 Å². The zero-order chi connectivity index (χ0) is 18.6. The van der Waals surface area contributed by atoms with Crippen LogP contribution in [0.1, 0.15) is 11.1 Å². The van der Waals surface area contributed by atoms with Gasteiger partial charge in [-0.25, -0.2) is 0 Å². The first-order chi connectivity index (χ1) is 12.5. The van der Waals surface area contributed by atoms with Gasteiger partial charge >= 0.3 is 0 Å². The number of nitrogens with two attached hydrogens (primary N) is 1. The Morgan fingerprint density at radius 1 is 0.846 bits per heavy atom. The fourth-order valence-corrected chi connectivity index (χ4v) is 3.30. The Balaban J connectivity index is 1.89. The number of hydrazine groups is 1. The molecular formula is C20H18N2O3S. The summed E-state index contributed by atoms with van der Waals surface area (Å²) < 4.78 is 32.6. The second-order valence-corrected chi connectivity index (χ2v) is 7.08. The minimum atomic E-state index is -4.36. The lowest BCUT2D eigenvalue weighted by molar-refractivity contribution is 0.483. The Morgan fingerprint density at radius 3 is 2.12 bits per heavy atom. The highest BCUT2D eigenvalue weighted by Gasteiger charge is 2.14. The van der Waals surface area contributed by atoms with Crippen LogP contribution in [-0.4, -0.2) is 13.0 Å². The van der Waals surface area contributed by atoms with E-state index in [1.807, 2.05) is 54.6 Å². The molecule has 0 aliphatic rings. The number of nitrogens with one attached hydrogen (secondary N) is 1. The number of rotatable bonds is 5. The van der Waals surface area contributed by atoms with Gasteiger partial charge in [-0.15, -0.1) is 0 Å². The molecule has 0 saturated carbocycles. The summed E-state index contributed by atoms with van der Waals surface area (Å²) >= 11 is 0. The molecule has 0 amide bonds. The van der Waals surface area contributed by atoms with Gasteiger partial charge in [0.15, 0.2) is 0 Å². The maximum atomic E-state index is 11.6.